The van der Waals surface area contributed by atoms with E-state index in [0.717, 1.165) is 17.3 Å². The van der Waals surface area contributed by atoms with Crippen molar-refractivity contribution in [1.29, 1.82) is 0 Å². The first kappa shape index (κ1) is 16.7. The molecule has 3 N–H and O–H groups in total. The number of aliphatic carboxylic acids is 1. The van der Waals surface area contributed by atoms with Crippen molar-refractivity contribution in [3.8, 4) is 0 Å². The molecule has 0 spiro atoms. The van der Waals surface area contributed by atoms with E-state index in [-0.39, 0.29) is 35.6 Å². The lowest BCUT2D eigenvalue weighted by Crippen LogP contribution is -2.31. The third kappa shape index (κ3) is 4.61. The zero-order chi connectivity index (χ0) is 15.3. The van der Waals surface area contributed by atoms with Crippen molar-refractivity contribution >= 4 is 28.6 Å². The molecule has 20 heavy (non-hydrogen) atoms. The van der Waals surface area contributed by atoms with Gasteiger partial charge in [-0.15, -0.1) is 0 Å². The number of Topliss-reactive ketones (excluding diaryl/α,β-unsaturated/α-hetero) is 1. The molecular formula is C14H19NO4S. The van der Waals surface area contributed by atoms with E-state index >= 15 is 0 Å². The van der Waals surface area contributed by atoms with E-state index in [9.17, 15) is 14.4 Å². The minimum Gasteiger partial charge on any atom is -0.480 e. The normalized spacial score (nSPS) is 23.1. The van der Waals surface area contributed by atoms with Gasteiger partial charge in [-0.05, 0) is 24.2 Å². The highest BCUT2D eigenvalue weighted by molar-refractivity contribution is 8.13. The molecule has 3 unspecified atom stereocenters. The minimum atomic E-state index is -1.05. The second-order valence-corrected chi connectivity index (χ2v) is 5.72. The Hall–Kier alpha value is -1.40. The average molecular weight is 297 g/mol. The molecule has 1 aliphatic rings. The number of carbonyl (C=O) groups excluding carboxylic acids is 2. The number of carboxylic acid groups (broad SMARTS) is 1. The zero-order valence-electron chi connectivity index (χ0n) is 11.5. The van der Waals surface area contributed by atoms with Gasteiger partial charge in [-0.25, -0.2) is 0 Å². The van der Waals surface area contributed by atoms with E-state index in [4.69, 9.17) is 10.8 Å². The fourth-order valence-corrected chi connectivity index (χ4v) is 2.40. The molecule has 5 nitrogen and oxygen atoms in total. The topological polar surface area (TPSA) is 97.5 Å². The molecule has 1 rings (SSSR count). The van der Waals surface area contributed by atoms with Crippen molar-refractivity contribution < 1.29 is 19.5 Å². The summed E-state index contributed by atoms with van der Waals surface area (Å²) in [7, 11) is 0. The summed E-state index contributed by atoms with van der Waals surface area (Å²) in [6.45, 7) is 1.88. The van der Waals surface area contributed by atoms with Crippen molar-refractivity contribution in [2.75, 3.05) is 6.26 Å². The van der Waals surface area contributed by atoms with Gasteiger partial charge in [-0.2, -0.15) is 0 Å². The summed E-state index contributed by atoms with van der Waals surface area (Å²) in [5.41, 5.74) is 6.30. The summed E-state index contributed by atoms with van der Waals surface area (Å²) in [5.74, 6) is -1.53. The molecule has 0 aromatic rings. The number of rotatable bonds is 6. The van der Waals surface area contributed by atoms with Gasteiger partial charge in [0.1, 0.15) is 11.8 Å². The number of thioether (sulfide) groups is 1. The first-order chi connectivity index (χ1) is 9.35. The number of allylic oxidation sites excluding steroid dienone is 3. The van der Waals surface area contributed by atoms with Crippen LogP contribution in [0.3, 0.4) is 0 Å². The molecule has 0 saturated carbocycles. The van der Waals surface area contributed by atoms with Crippen molar-refractivity contribution in [3.63, 3.8) is 0 Å². The largest absolute Gasteiger partial charge is 0.480 e. The highest BCUT2D eigenvalue weighted by atomic mass is 32.2. The second kappa shape index (κ2) is 7.40. The molecule has 0 bridgehead atoms. The van der Waals surface area contributed by atoms with Crippen LogP contribution in [0, 0.1) is 11.8 Å². The second-order valence-electron chi connectivity index (χ2n) is 4.85. The summed E-state index contributed by atoms with van der Waals surface area (Å²) in [6.07, 6.45) is 7.15. The lowest BCUT2D eigenvalue weighted by Gasteiger charge is -2.22. The minimum absolute atomic E-state index is 0.0573. The number of carbonyl (C=O) groups is 3. The van der Waals surface area contributed by atoms with E-state index in [1.165, 1.54) is 0 Å². The first-order valence-electron chi connectivity index (χ1n) is 6.32. The standard InChI is InChI=1S/C14H19NO4S/c1-8-5-9(6-11(15)14(18)19)3-4-10(8)12(16)7-13(17)20-2/h3-5,8,10-11H,6-7,15H2,1-2H3,(H,18,19). The van der Waals surface area contributed by atoms with Crippen LogP contribution < -0.4 is 5.73 Å². The van der Waals surface area contributed by atoms with E-state index in [1.807, 2.05) is 13.0 Å². The zero-order valence-corrected chi connectivity index (χ0v) is 12.4. The maximum atomic E-state index is 12.0. The SMILES string of the molecule is CSC(=O)CC(=O)C1C=CC(CC(N)C(=O)O)=CC1C. The monoisotopic (exact) mass is 297 g/mol. The molecule has 110 valence electrons. The third-order valence-electron chi connectivity index (χ3n) is 3.25. The van der Waals surface area contributed by atoms with Gasteiger partial charge in [-0.1, -0.05) is 36.9 Å². The van der Waals surface area contributed by atoms with Gasteiger partial charge in [0.25, 0.3) is 0 Å². The van der Waals surface area contributed by atoms with E-state index in [1.54, 1.807) is 18.4 Å². The van der Waals surface area contributed by atoms with E-state index < -0.39 is 12.0 Å². The Morgan fingerprint density at radius 1 is 1.45 bits per heavy atom. The fourth-order valence-electron chi connectivity index (χ4n) is 2.11. The Bertz CT molecular complexity index is 470. The molecule has 0 aromatic heterocycles. The van der Waals surface area contributed by atoms with Gasteiger partial charge in [0, 0.05) is 5.92 Å². The Labute approximate surface area is 122 Å². The van der Waals surface area contributed by atoms with Crippen LogP contribution in [-0.2, 0) is 14.4 Å². The van der Waals surface area contributed by atoms with Crippen LogP contribution in [0.5, 0.6) is 0 Å². The highest BCUT2D eigenvalue weighted by Crippen LogP contribution is 2.26. The molecule has 0 aromatic carbocycles. The Balaban J connectivity index is 2.65. The maximum absolute atomic E-state index is 12.0. The van der Waals surface area contributed by atoms with Crippen molar-refractivity contribution in [3.05, 3.63) is 23.8 Å². The van der Waals surface area contributed by atoms with Gasteiger partial charge in [0.15, 0.2) is 5.12 Å². The predicted molar refractivity (Wildman–Crippen MR) is 78.3 cm³/mol. The van der Waals surface area contributed by atoms with Gasteiger partial charge in [0.05, 0.1) is 6.42 Å². The molecule has 6 heteroatoms. The number of hydrogen-bond donors (Lipinski definition) is 2. The highest BCUT2D eigenvalue weighted by Gasteiger charge is 2.26. The summed E-state index contributed by atoms with van der Waals surface area (Å²) >= 11 is 1.05. The molecule has 1 aliphatic carbocycles. The Kier molecular flexibility index (Phi) is 6.16. The summed E-state index contributed by atoms with van der Waals surface area (Å²) in [4.78, 5) is 34.0. The van der Waals surface area contributed by atoms with E-state index in [2.05, 4.69) is 0 Å². The molecule has 0 saturated heterocycles. The lowest BCUT2D eigenvalue weighted by atomic mass is 9.82. The van der Waals surface area contributed by atoms with Crippen LogP contribution >= 0.6 is 11.8 Å². The van der Waals surface area contributed by atoms with Gasteiger partial charge in [0.2, 0.25) is 0 Å². The number of ketones is 1. The molecule has 0 radical (unpaired) electrons. The van der Waals surface area contributed by atoms with Crippen LogP contribution in [0.25, 0.3) is 0 Å². The molecule has 0 fully saturated rings. The first-order valence-corrected chi connectivity index (χ1v) is 7.54. The van der Waals surface area contributed by atoms with Crippen LogP contribution in [0.15, 0.2) is 23.8 Å². The van der Waals surface area contributed by atoms with Crippen LogP contribution in [0.1, 0.15) is 19.8 Å². The maximum Gasteiger partial charge on any atom is 0.320 e. The van der Waals surface area contributed by atoms with E-state index in [0.29, 0.717) is 0 Å². The van der Waals surface area contributed by atoms with Crippen molar-refractivity contribution in [1.82, 2.24) is 0 Å². The van der Waals surface area contributed by atoms with Gasteiger partial charge in [-0.3, -0.25) is 14.4 Å². The average Bonchev–Trinajstić information content (AvgIpc) is 2.38. The van der Waals surface area contributed by atoms with Crippen LogP contribution in [0.4, 0.5) is 0 Å². The molecule has 3 atom stereocenters. The van der Waals surface area contributed by atoms with Crippen molar-refractivity contribution in [2.45, 2.75) is 25.8 Å². The van der Waals surface area contributed by atoms with Crippen molar-refractivity contribution in [2.24, 2.45) is 17.6 Å². The van der Waals surface area contributed by atoms with Crippen LogP contribution in [0.2, 0.25) is 0 Å². The summed E-state index contributed by atoms with van der Waals surface area (Å²) < 4.78 is 0. The lowest BCUT2D eigenvalue weighted by molar-refractivity contribution is -0.138. The summed E-state index contributed by atoms with van der Waals surface area (Å²) in [6, 6.07) is -0.941. The fraction of sp³-hybridized carbons (Fsp3) is 0.500. The van der Waals surface area contributed by atoms with Gasteiger partial charge >= 0.3 is 5.97 Å². The number of nitrogens with two attached hydrogens (primary N) is 1. The summed E-state index contributed by atoms with van der Waals surface area (Å²) in [5, 5.41) is 8.63. The molecule has 0 heterocycles. The van der Waals surface area contributed by atoms with Crippen LogP contribution in [-0.4, -0.2) is 34.3 Å². The predicted octanol–water partition coefficient (Wildman–Crippen LogP) is 1.39. The quantitative estimate of drug-likeness (QED) is 0.719. The Morgan fingerprint density at radius 2 is 2.10 bits per heavy atom. The molecular weight excluding hydrogens is 278 g/mol. The third-order valence-corrected chi connectivity index (χ3v) is 3.85. The van der Waals surface area contributed by atoms with Gasteiger partial charge < -0.3 is 10.8 Å². The number of carboxylic acids is 1. The smallest absolute Gasteiger partial charge is 0.320 e. The number of hydrogen-bond acceptors (Lipinski definition) is 5. The molecule has 0 aliphatic heterocycles. The molecule has 0 amide bonds. The Morgan fingerprint density at radius 3 is 2.60 bits per heavy atom.